The molecule has 4 nitrogen and oxygen atoms in total. The van der Waals surface area contributed by atoms with Crippen molar-refractivity contribution < 1.29 is 0 Å². The van der Waals surface area contributed by atoms with Crippen LogP contribution in [0.1, 0.15) is 24.7 Å². The standard InChI is InChI=1S/C14H24N4S2/c1-4-5-15-13-10(2)14(18-11(3)17-13)16-8-12-9-19-6-7-20-12/h12H,4-9H2,1-3H3,(H2,15,16,17,18). The predicted octanol–water partition coefficient (Wildman–Crippen LogP) is 3.18. The summed E-state index contributed by atoms with van der Waals surface area (Å²) in [5.74, 6) is 6.56. The second kappa shape index (κ2) is 7.98. The normalized spacial score (nSPS) is 18.9. The third-order valence-electron chi connectivity index (χ3n) is 3.18. The van der Waals surface area contributed by atoms with Gasteiger partial charge in [-0.15, -0.1) is 0 Å². The molecule has 6 heteroatoms. The molecule has 20 heavy (non-hydrogen) atoms. The first-order chi connectivity index (χ1) is 9.70. The van der Waals surface area contributed by atoms with E-state index >= 15 is 0 Å². The Morgan fingerprint density at radius 2 is 1.90 bits per heavy atom. The third-order valence-corrected chi connectivity index (χ3v) is 6.03. The van der Waals surface area contributed by atoms with Crippen LogP contribution in [-0.2, 0) is 0 Å². The van der Waals surface area contributed by atoms with E-state index in [0.29, 0.717) is 5.25 Å². The van der Waals surface area contributed by atoms with Crippen molar-refractivity contribution >= 4 is 35.2 Å². The van der Waals surface area contributed by atoms with Gasteiger partial charge in [0.2, 0.25) is 0 Å². The van der Waals surface area contributed by atoms with E-state index < -0.39 is 0 Å². The SMILES string of the molecule is CCCNc1nc(C)nc(NCC2CSCCS2)c1C. The Bertz CT molecular complexity index is 433. The molecule has 1 saturated heterocycles. The van der Waals surface area contributed by atoms with Crippen LogP contribution in [0.2, 0.25) is 0 Å². The van der Waals surface area contributed by atoms with E-state index in [1.807, 2.05) is 6.92 Å². The van der Waals surface area contributed by atoms with Gasteiger partial charge in [0.1, 0.15) is 17.5 Å². The fourth-order valence-corrected chi connectivity index (χ4v) is 4.69. The molecule has 2 rings (SSSR count). The van der Waals surface area contributed by atoms with Crippen LogP contribution in [0.15, 0.2) is 0 Å². The molecule has 0 radical (unpaired) electrons. The maximum atomic E-state index is 4.55. The molecule has 0 bridgehead atoms. The number of hydrogen-bond donors (Lipinski definition) is 2. The van der Waals surface area contributed by atoms with Gasteiger partial charge in [-0.25, -0.2) is 9.97 Å². The van der Waals surface area contributed by atoms with E-state index in [4.69, 9.17) is 0 Å². The van der Waals surface area contributed by atoms with Gasteiger partial charge < -0.3 is 10.6 Å². The topological polar surface area (TPSA) is 49.8 Å². The van der Waals surface area contributed by atoms with Crippen molar-refractivity contribution in [1.82, 2.24) is 9.97 Å². The molecule has 1 aliphatic heterocycles. The smallest absolute Gasteiger partial charge is 0.134 e. The fraction of sp³-hybridized carbons (Fsp3) is 0.714. The van der Waals surface area contributed by atoms with E-state index in [1.165, 1.54) is 17.3 Å². The second-order valence-electron chi connectivity index (χ2n) is 4.97. The summed E-state index contributed by atoms with van der Waals surface area (Å²) in [6.45, 7) is 8.14. The first kappa shape index (κ1) is 15.8. The van der Waals surface area contributed by atoms with Crippen LogP contribution in [0.25, 0.3) is 0 Å². The molecular formula is C14H24N4S2. The number of nitrogens with one attached hydrogen (secondary N) is 2. The molecule has 0 aromatic carbocycles. The maximum Gasteiger partial charge on any atom is 0.134 e. The van der Waals surface area contributed by atoms with E-state index in [0.717, 1.165) is 42.5 Å². The van der Waals surface area contributed by atoms with E-state index in [1.54, 1.807) is 0 Å². The third kappa shape index (κ3) is 4.45. The lowest BCUT2D eigenvalue weighted by Crippen LogP contribution is -2.24. The van der Waals surface area contributed by atoms with Gasteiger partial charge in [0.15, 0.2) is 0 Å². The highest BCUT2D eigenvalue weighted by Crippen LogP contribution is 2.25. The summed E-state index contributed by atoms with van der Waals surface area (Å²) < 4.78 is 0. The van der Waals surface area contributed by atoms with Gasteiger partial charge in [-0.3, -0.25) is 0 Å². The average Bonchev–Trinajstić information content (AvgIpc) is 2.47. The molecule has 1 fully saturated rings. The van der Waals surface area contributed by atoms with Crippen LogP contribution in [0, 0.1) is 13.8 Å². The summed E-state index contributed by atoms with van der Waals surface area (Å²) in [5, 5.41) is 7.59. The number of rotatable bonds is 6. The van der Waals surface area contributed by atoms with Crippen molar-refractivity contribution in [1.29, 1.82) is 0 Å². The minimum Gasteiger partial charge on any atom is -0.370 e. The van der Waals surface area contributed by atoms with Crippen LogP contribution in [0.3, 0.4) is 0 Å². The van der Waals surface area contributed by atoms with Gasteiger partial charge in [0.05, 0.1) is 0 Å². The number of anilines is 2. The second-order valence-corrected chi connectivity index (χ2v) is 7.53. The van der Waals surface area contributed by atoms with Crippen LogP contribution < -0.4 is 10.6 Å². The van der Waals surface area contributed by atoms with Crippen molar-refractivity contribution in [3.8, 4) is 0 Å². The Labute approximate surface area is 130 Å². The molecular weight excluding hydrogens is 288 g/mol. The molecule has 0 amide bonds. The van der Waals surface area contributed by atoms with Crippen LogP contribution in [0.4, 0.5) is 11.6 Å². The lowest BCUT2D eigenvalue weighted by Gasteiger charge is -2.22. The van der Waals surface area contributed by atoms with E-state index in [2.05, 4.69) is 58.0 Å². The Balaban J connectivity index is 2.00. The Kier molecular flexibility index (Phi) is 6.29. The molecule has 0 saturated carbocycles. The largest absolute Gasteiger partial charge is 0.370 e. The predicted molar refractivity (Wildman–Crippen MR) is 92.3 cm³/mol. The van der Waals surface area contributed by atoms with Crippen molar-refractivity contribution in [2.24, 2.45) is 0 Å². The first-order valence-corrected chi connectivity index (χ1v) is 9.43. The highest BCUT2D eigenvalue weighted by Gasteiger charge is 2.15. The Morgan fingerprint density at radius 1 is 1.15 bits per heavy atom. The zero-order chi connectivity index (χ0) is 14.4. The lowest BCUT2D eigenvalue weighted by molar-refractivity contribution is 0.934. The first-order valence-electron chi connectivity index (χ1n) is 7.23. The zero-order valence-electron chi connectivity index (χ0n) is 12.5. The zero-order valence-corrected chi connectivity index (χ0v) is 14.2. The highest BCUT2D eigenvalue weighted by atomic mass is 32.2. The molecule has 1 aromatic rings. The van der Waals surface area contributed by atoms with Crippen LogP contribution in [-0.4, -0.2) is 45.6 Å². The summed E-state index contributed by atoms with van der Waals surface area (Å²) in [4.78, 5) is 9.04. The number of thioether (sulfide) groups is 2. The fourth-order valence-electron chi connectivity index (χ4n) is 2.08. The van der Waals surface area contributed by atoms with E-state index in [9.17, 15) is 0 Å². The quantitative estimate of drug-likeness (QED) is 0.841. The van der Waals surface area contributed by atoms with Crippen molar-refractivity contribution in [2.75, 3.05) is 41.0 Å². The minimum absolute atomic E-state index is 0.690. The number of nitrogens with zero attached hydrogens (tertiary/aromatic N) is 2. The monoisotopic (exact) mass is 312 g/mol. The van der Waals surface area contributed by atoms with Gasteiger partial charge in [-0.1, -0.05) is 6.92 Å². The van der Waals surface area contributed by atoms with Crippen LogP contribution in [0.5, 0.6) is 0 Å². The molecule has 1 aromatic heterocycles. The summed E-state index contributed by atoms with van der Waals surface area (Å²) in [6, 6.07) is 0. The van der Waals surface area contributed by atoms with Gasteiger partial charge in [0, 0.05) is 41.2 Å². The van der Waals surface area contributed by atoms with Crippen molar-refractivity contribution in [2.45, 2.75) is 32.4 Å². The number of aryl methyl sites for hydroxylation is 1. The van der Waals surface area contributed by atoms with Gasteiger partial charge in [-0.2, -0.15) is 23.5 Å². The maximum absolute atomic E-state index is 4.55. The van der Waals surface area contributed by atoms with Crippen molar-refractivity contribution in [3.63, 3.8) is 0 Å². The lowest BCUT2D eigenvalue weighted by atomic mass is 10.3. The molecule has 0 spiro atoms. The number of hydrogen-bond acceptors (Lipinski definition) is 6. The molecule has 1 atom stereocenters. The van der Waals surface area contributed by atoms with E-state index in [-0.39, 0.29) is 0 Å². The van der Waals surface area contributed by atoms with Crippen LogP contribution >= 0.6 is 23.5 Å². The molecule has 0 aliphatic carbocycles. The minimum atomic E-state index is 0.690. The summed E-state index contributed by atoms with van der Waals surface area (Å²) >= 11 is 4.12. The molecule has 1 unspecified atom stereocenters. The highest BCUT2D eigenvalue weighted by molar-refractivity contribution is 8.06. The number of aromatic nitrogens is 2. The molecule has 2 N–H and O–H groups in total. The van der Waals surface area contributed by atoms with Crippen molar-refractivity contribution in [3.05, 3.63) is 11.4 Å². The summed E-state index contributed by atoms with van der Waals surface area (Å²) in [7, 11) is 0. The summed E-state index contributed by atoms with van der Waals surface area (Å²) in [5.41, 5.74) is 1.12. The Morgan fingerprint density at radius 3 is 2.55 bits per heavy atom. The van der Waals surface area contributed by atoms with Gasteiger partial charge in [-0.05, 0) is 20.3 Å². The van der Waals surface area contributed by atoms with Gasteiger partial charge in [0.25, 0.3) is 0 Å². The average molecular weight is 313 g/mol. The van der Waals surface area contributed by atoms with Gasteiger partial charge >= 0.3 is 0 Å². The Hall–Kier alpha value is -0.620. The summed E-state index contributed by atoms with van der Waals surface area (Å²) in [6.07, 6.45) is 1.10. The molecule has 112 valence electrons. The molecule has 2 heterocycles. The molecule has 1 aliphatic rings.